The topological polar surface area (TPSA) is 45.7 Å². The Morgan fingerprint density at radius 1 is 1.40 bits per heavy atom. The first-order valence-electron chi connectivity index (χ1n) is 6.93. The van der Waals surface area contributed by atoms with E-state index in [2.05, 4.69) is 9.88 Å². The highest BCUT2D eigenvalue weighted by Gasteiger charge is 2.32. The van der Waals surface area contributed by atoms with Gasteiger partial charge in [-0.3, -0.25) is 9.69 Å². The molecule has 2 fully saturated rings. The molecule has 2 aliphatic rings. The van der Waals surface area contributed by atoms with Crippen molar-refractivity contribution >= 4 is 17.5 Å². The van der Waals surface area contributed by atoms with E-state index in [1.807, 2.05) is 4.90 Å². The fourth-order valence-electron chi connectivity index (χ4n) is 2.72. The second-order valence-corrected chi connectivity index (χ2v) is 5.74. The smallest absolute Gasteiger partial charge is 0.254 e. The molecule has 5 nitrogen and oxygen atoms in total. The summed E-state index contributed by atoms with van der Waals surface area (Å²) in [7, 11) is 0. The second kappa shape index (κ2) is 6.08. The van der Waals surface area contributed by atoms with Crippen LogP contribution in [0.15, 0.2) is 18.3 Å². The van der Waals surface area contributed by atoms with Crippen molar-refractivity contribution in [1.82, 2.24) is 14.8 Å². The first-order valence-corrected chi connectivity index (χ1v) is 7.31. The van der Waals surface area contributed by atoms with Crippen molar-refractivity contribution in [2.75, 3.05) is 45.9 Å². The van der Waals surface area contributed by atoms with Crippen molar-refractivity contribution in [2.45, 2.75) is 0 Å². The summed E-state index contributed by atoms with van der Waals surface area (Å²) in [6, 6.07) is 3.34. The van der Waals surface area contributed by atoms with Crippen LogP contribution in [0.1, 0.15) is 10.4 Å². The molecular formula is C14H18ClN3O2. The number of hydrogen-bond acceptors (Lipinski definition) is 4. The minimum absolute atomic E-state index is 0.0486. The zero-order valence-electron chi connectivity index (χ0n) is 11.3. The van der Waals surface area contributed by atoms with Gasteiger partial charge in [0.1, 0.15) is 5.15 Å². The molecule has 0 unspecified atom stereocenters. The Morgan fingerprint density at radius 3 is 2.85 bits per heavy atom. The van der Waals surface area contributed by atoms with Gasteiger partial charge in [-0.05, 0) is 12.1 Å². The minimum atomic E-state index is 0.0486. The van der Waals surface area contributed by atoms with Crippen LogP contribution >= 0.6 is 11.6 Å². The maximum atomic E-state index is 12.2. The first-order chi connectivity index (χ1) is 9.72. The molecule has 0 saturated carbocycles. The molecule has 6 heteroatoms. The van der Waals surface area contributed by atoms with Gasteiger partial charge >= 0.3 is 0 Å². The minimum Gasteiger partial charge on any atom is -0.379 e. The van der Waals surface area contributed by atoms with Crippen molar-refractivity contribution in [3.05, 3.63) is 29.0 Å². The lowest BCUT2D eigenvalue weighted by atomic mass is 9.98. The third kappa shape index (κ3) is 3.11. The fraction of sp³-hybridized carbons (Fsp3) is 0.571. The average molecular weight is 296 g/mol. The largest absolute Gasteiger partial charge is 0.379 e. The number of carbonyl (C=O) groups excluding carboxylic acids is 1. The lowest BCUT2D eigenvalue weighted by Gasteiger charge is -2.42. The summed E-state index contributed by atoms with van der Waals surface area (Å²) in [5, 5.41) is 0.362. The number of nitrogens with zero attached hydrogens (tertiary/aromatic N) is 3. The number of hydrogen-bond donors (Lipinski definition) is 0. The summed E-state index contributed by atoms with van der Waals surface area (Å²) in [4.78, 5) is 20.4. The molecule has 0 spiro atoms. The highest BCUT2D eigenvalue weighted by atomic mass is 35.5. The van der Waals surface area contributed by atoms with Crippen molar-refractivity contribution in [2.24, 2.45) is 5.92 Å². The van der Waals surface area contributed by atoms with Gasteiger partial charge in [0, 0.05) is 50.4 Å². The Morgan fingerprint density at radius 2 is 2.15 bits per heavy atom. The number of pyridine rings is 1. The maximum Gasteiger partial charge on any atom is 0.254 e. The molecular weight excluding hydrogens is 278 g/mol. The zero-order valence-corrected chi connectivity index (χ0v) is 12.1. The number of aromatic nitrogens is 1. The summed E-state index contributed by atoms with van der Waals surface area (Å²) in [5.41, 5.74) is 0.620. The number of amides is 1. The van der Waals surface area contributed by atoms with Gasteiger partial charge in [0.15, 0.2) is 0 Å². The van der Waals surface area contributed by atoms with Crippen LogP contribution in [0.4, 0.5) is 0 Å². The van der Waals surface area contributed by atoms with E-state index in [0.717, 1.165) is 45.9 Å². The van der Waals surface area contributed by atoms with E-state index in [-0.39, 0.29) is 5.91 Å². The molecule has 1 aromatic heterocycles. The number of rotatable bonds is 3. The highest BCUT2D eigenvalue weighted by Crippen LogP contribution is 2.21. The van der Waals surface area contributed by atoms with E-state index in [1.54, 1.807) is 18.3 Å². The Labute approximate surface area is 123 Å². The Balaban J connectivity index is 1.48. The molecule has 0 aliphatic carbocycles. The summed E-state index contributed by atoms with van der Waals surface area (Å²) in [6.07, 6.45) is 1.57. The standard InChI is InChI=1S/C14H18ClN3O2/c15-13-7-12(1-2-16-13)14(19)18-9-11(10-18)8-17-3-5-20-6-4-17/h1-2,7,11H,3-6,8-10H2. The monoisotopic (exact) mass is 295 g/mol. The van der Waals surface area contributed by atoms with Crippen LogP contribution in [-0.2, 0) is 4.74 Å². The van der Waals surface area contributed by atoms with Gasteiger partial charge in [0.25, 0.3) is 5.91 Å². The molecule has 0 N–H and O–H groups in total. The quantitative estimate of drug-likeness (QED) is 0.785. The van der Waals surface area contributed by atoms with Crippen LogP contribution in [0.2, 0.25) is 5.15 Å². The lowest BCUT2D eigenvalue weighted by molar-refractivity contribution is 0.00714. The van der Waals surface area contributed by atoms with Crippen molar-refractivity contribution in [1.29, 1.82) is 0 Å². The molecule has 0 radical (unpaired) electrons. The Bertz CT molecular complexity index is 485. The first kappa shape index (κ1) is 13.8. The van der Waals surface area contributed by atoms with Gasteiger partial charge in [-0.2, -0.15) is 0 Å². The third-order valence-electron chi connectivity index (χ3n) is 3.84. The number of carbonyl (C=O) groups is 1. The van der Waals surface area contributed by atoms with Crippen molar-refractivity contribution in [3.8, 4) is 0 Å². The van der Waals surface area contributed by atoms with E-state index in [4.69, 9.17) is 16.3 Å². The van der Waals surface area contributed by atoms with Gasteiger partial charge in [0.05, 0.1) is 13.2 Å². The van der Waals surface area contributed by atoms with E-state index < -0.39 is 0 Å². The average Bonchev–Trinajstić information content (AvgIpc) is 2.43. The summed E-state index contributed by atoms with van der Waals surface area (Å²) >= 11 is 5.81. The van der Waals surface area contributed by atoms with Gasteiger partial charge in [-0.25, -0.2) is 4.98 Å². The summed E-state index contributed by atoms with van der Waals surface area (Å²) in [5.74, 6) is 0.627. The van der Waals surface area contributed by atoms with Crippen LogP contribution in [0, 0.1) is 5.92 Å². The van der Waals surface area contributed by atoms with Gasteiger partial charge < -0.3 is 9.64 Å². The summed E-state index contributed by atoms with van der Waals surface area (Å²) in [6.45, 7) is 6.38. The van der Waals surface area contributed by atoms with E-state index in [9.17, 15) is 4.79 Å². The molecule has 3 rings (SSSR count). The van der Waals surface area contributed by atoms with E-state index in [1.165, 1.54) is 0 Å². The fourth-order valence-corrected chi connectivity index (χ4v) is 2.89. The Hall–Kier alpha value is -1.17. The second-order valence-electron chi connectivity index (χ2n) is 5.36. The predicted octanol–water partition coefficient (Wildman–Crippen LogP) is 1.14. The molecule has 1 amide bonds. The predicted molar refractivity (Wildman–Crippen MR) is 75.9 cm³/mol. The van der Waals surface area contributed by atoms with E-state index in [0.29, 0.717) is 16.6 Å². The SMILES string of the molecule is O=C(c1ccnc(Cl)c1)N1CC(CN2CCOCC2)C1. The number of likely N-dealkylation sites (tertiary alicyclic amines) is 1. The molecule has 2 saturated heterocycles. The van der Waals surface area contributed by atoms with E-state index >= 15 is 0 Å². The van der Waals surface area contributed by atoms with Gasteiger partial charge in [-0.15, -0.1) is 0 Å². The number of ether oxygens (including phenoxy) is 1. The van der Waals surface area contributed by atoms with Crippen LogP contribution in [0.25, 0.3) is 0 Å². The Kier molecular flexibility index (Phi) is 4.19. The molecule has 20 heavy (non-hydrogen) atoms. The molecule has 3 heterocycles. The van der Waals surface area contributed by atoms with Crippen LogP contribution in [0.3, 0.4) is 0 Å². The number of halogens is 1. The zero-order chi connectivity index (χ0) is 13.9. The molecule has 108 valence electrons. The maximum absolute atomic E-state index is 12.2. The highest BCUT2D eigenvalue weighted by molar-refractivity contribution is 6.29. The molecule has 0 atom stereocenters. The van der Waals surface area contributed by atoms with Crippen LogP contribution in [0.5, 0.6) is 0 Å². The molecule has 1 aromatic rings. The van der Waals surface area contributed by atoms with Crippen LogP contribution < -0.4 is 0 Å². The van der Waals surface area contributed by atoms with Gasteiger partial charge in [-0.1, -0.05) is 11.6 Å². The molecule has 2 aliphatic heterocycles. The van der Waals surface area contributed by atoms with Crippen LogP contribution in [-0.4, -0.2) is 66.6 Å². The van der Waals surface area contributed by atoms with Crippen molar-refractivity contribution < 1.29 is 9.53 Å². The number of morpholine rings is 1. The third-order valence-corrected chi connectivity index (χ3v) is 4.04. The molecule has 0 aromatic carbocycles. The molecule has 0 bridgehead atoms. The van der Waals surface area contributed by atoms with Gasteiger partial charge in [0.2, 0.25) is 0 Å². The normalized spacial score (nSPS) is 20.8. The lowest BCUT2D eigenvalue weighted by Crippen LogP contribution is -2.54. The summed E-state index contributed by atoms with van der Waals surface area (Å²) < 4.78 is 5.34. The van der Waals surface area contributed by atoms with Crippen molar-refractivity contribution in [3.63, 3.8) is 0 Å².